The summed E-state index contributed by atoms with van der Waals surface area (Å²) >= 11 is 5.98. The molecule has 21 heavy (non-hydrogen) atoms. The number of methoxy groups -OCH3 is 1. The normalized spacial score (nSPS) is 11.8. The minimum absolute atomic E-state index is 0.332. The fraction of sp³-hybridized carbons (Fsp3) is 0.235. The monoisotopic (exact) mass is 303 g/mol. The molecule has 0 radical (unpaired) electrons. The Morgan fingerprint density at radius 3 is 2.57 bits per heavy atom. The van der Waals surface area contributed by atoms with Crippen LogP contribution in [0.25, 0.3) is 0 Å². The van der Waals surface area contributed by atoms with Crippen molar-refractivity contribution in [2.75, 3.05) is 12.4 Å². The number of anilines is 1. The molecule has 0 saturated heterocycles. The molecule has 110 valence electrons. The Kier molecular flexibility index (Phi) is 4.86. The lowest BCUT2D eigenvalue weighted by molar-refractivity contribution is -0.141. The minimum atomic E-state index is -0.561. The molecule has 4 heteroatoms. The van der Waals surface area contributed by atoms with Crippen LogP contribution in [0.4, 0.5) is 5.69 Å². The molecule has 0 spiro atoms. The van der Waals surface area contributed by atoms with Gasteiger partial charge in [0.05, 0.1) is 7.11 Å². The highest BCUT2D eigenvalue weighted by atomic mass is 35.5. The van der Waals surface area contributed by atoms with Gasteiger partial charge in [-0.25, -0.2) is 4.79 Å². The first-order valence-electron chi connectivity index (χ1n) is 6.68. The number of hydrogen-bond donors (Lipinski definition) is 1. The summed E-state index contributed by atoms with van der Waals surface area (Å²) in [5, 5.41) is 3.80. The number of carbonyl (C=O) groups excluding carboxylic acids is 1. The first-order chi connectivity index (χ1) is 10.0. The molecule has 0 saturated carbocycles. The first-order valence-corrected chi connectivity index (χ1v) is 7.06. The summed E-state index contributed by atoms with van der Waals surface area (Å²) in [7, 11) is 1.39. The molecular formula is C17H18ClNO2. The van der Waals surface area contributed by atoms with Crippen molar-refractivity contribution in [1.82, 2.24) is 0 Å². The van der Waals surface area contributed by atoms with Crippen molar-refractivity contribution < 1.29 is 9.53 Å². The van der Waals surface area contributed by atoms with Gasteiger partial charge in [0.2, 0.25) is 0 Å². The molecule has 1 N–H and O–H groups in total. The first kappa shape index (κ1) is 15.4. The van der Waals surface area contributed by atoms with Gasteiger partial charge in [-0.05, 0) is 43.2 Å². The lowest BCUT2D eigenvalue weighted by atomic mass is 9.99. The van der Waals surface area contributed by atoms with E-state index in [0.29, 0.717) is 5.02 Å². The third-order valence-electron chi connectivity index (χ3n) is 3.31. The Labute approximate surface area is 129 Å². The van der Waals surface area contributed by atoms with Crippen LogP contribution >= 0.6 is 11.6 Å². The number of ether oxygens (including phenoxy) is 1. The van der Waals surface area contributed by atoms with Crippen LogP contribution in [-0.4, -0.2) is 13.1 Å². The van der Waals surface area contributed by atoms with Gasteiger partial charge in [-0.1, -0.05) is 41.4 Å². The van der Waals surface area contributed by atoms with Crippen LogP contribution in [0.15, 0.2) is 42.5 Å². The van der Waals surface area contributed by atoms with Crippen LogP contribution < -0.4 is 5.32 Å². The number of esters is 1. The molecule has 1 unspecified atom stereocenters. The van der Waals surface area contributed by atoms with Crippen molar-refractivity contribution in [2.45, 2.75) is 19.9 Å². The highest BCUT2D eigenvalue weighted by molar-refractivity contribution is 6.30. The molecule has 0 aliphatic heterocycles. The van der Waals surface area contributed by atoms with Crippen molar-refractivity contribution in [1.29, 1.82) is 0 Å². The molecule has 2 aromatic rings. The molecule has 3 nitrogen and oxygen atoms in total. The summed E-state index contributed by atoms with van der Waals surface area (Å²) in [6.07, 6.45) is 0. The van der Waals surface area contributed by atoms with Crippen LogP contribution in [0.2, 0.25) is 5.02 Å². The summed E-state index contributed by atoms with van der Waals surface area (Å²) in [5.41, 5.74) is 3.87. The molecule has 0 aromatic heterocycles. The largest absolute Gasteiger partial charge is 0.467 e. The number of halogens is 1. The maximum absolute atomic E-state index is 12.1. The van der Waals surface area contributed by atoms with Crippen LogP contribution in [-0.2, 0) is 9.53 Å². The van der Waals surface area contributed by atoms with Crippen LogP contribution in [0.1, 0.15) is 22.7 Å². The van der Waals surface area contributed by atoms with E-state index in [4.69, 9.17) is 16.3 Å². The zero-order valence-electron chi connectivity index (χ0n) is 12.3. The maximum atomic E-state index is 12.1. The second kappa shape index (κ2) is 6.64. The van der Waals surface area contributed by atoms with Crippen molar-refractivity contribution >= 4 is 23.3 Å². The second-order valence-corrected chi connectivity index (χ2v) is 5.41. The van der Waals surface area contributed by atoms with Gasteiger partial charge >= 0.3 is 5.97 Å². The Balaban J connectivity index is 2.37. The van der Waals surface area contributed by atoms with Gasteiger partial charge in [-0.2, -0.15) is 0 Å². The fourth-order valence-corrected chi connectivity index (χ4v) is 2.47. The third kappa shape index (κ3) is 3.76. The van der Waals surface area contributed by atoms with Crippen LogP contribution in [0.5, 0.6) is 0 Å². The molecule has 0 aliphatic rings. The van der Waals surface area contributed by atoms with E-state index in [-0.39, 0.29) is 5.97 Å². The fourth-order valence-electron chi connectivity index (χ4n) is 2.28. The smallest absolute Gasteiger partial charge is 0.332 e. The Hall–Kier alpha value is -2.00. The molecular weight excluding hydrogens is 286 g/mol. The van der Waals surface area contributed by atoms with Crippen molar-refractivity contribution in [3.63, 3.8) is 0 Å². The van der Waals surface area contributed by atoms with E-state index in [1.807, 2.05) is 44.2 Å². The van der Waals surface area contributed by atoms with Crippen molar-refractivity contribution in [2.24, 2.45) is 0 Å². The lowest BCUT2D eigenvalue weighted by Gasteiger charge is -2.20. The van der Waals surface area contributed by atoms with E-state index in [2.05, 4.69) is 5.32 Å². The van der Waals surface area contributed by atoms with Gasteiger partial charge in [0.25, 0.3) is 0 Å². The van der Waals surface area contributed by atoms with Crippen LogP contribution in [0, 0.1) is 13.8 Å². The highest BCUT2D eigenvalue weighted by Crippen LogP contribution is 2.26. The van der Waals surface area contributed by atoms with Gasteiger partial charge in [0.1, 0.15) is 0 Å². The lowest BCUT2D eigenvalue weighted by Crippen LogP contribution is -2.23. The zero-order chi connectivity index (χ0) is 15.4. The van der Waals surface area contributed by atoms with E-state index in [1.165, 1.54) is 7.11 Å². The number of hydrogen-bond acceptors (Lipinski definition) is 3. The average Bonchev–Trinajstić information content (AvgIpc) is 2.45. The maximum Gasteiger partial charge on any atom is 0.332 e. The topological polar surface area (TPSA) is 38.3 Å². The third-order valence-corrected chi connectivity index (χ3v) is 3.54. The van der Waals surface area contributed by atoms with Crippen LogP contribution in [0.3, 0.4) is 0 Å². The van der Waals surface area contributed by atoms with Crippen molar-refractivity contribution in [3.8, 4) is 0 Å². The number of rotatable bonds is 4. The van der Waals surface area contributed by atoms with E-state index in [9.17, 15) is 4.79 Å². The summed E-state index contributed by atoms with van der Waals surface area (Å²) < 4.78 is 4.92. The molecule has 2 rings (SSSR count). The standard InChI is InChI=1S/C17H18ClNO2/c1-11-7-8-15(12(2)9-11)16(17(20)21-3)19-14-6-4-5-13(18)10-14/h4-10,16,19H,1-3H3. The van der Waals surface area contributed by atoms with E-state index < -0.39 is 6.04 Å². The van der Waals surface area contributed by atoms with Crippen molar-refractivity contribution in [3.05, 3.63) is 64.2 Å². The summed E-state index contributed by atoms with van der Waals surface area (Å²) in [6, 6.07) is 12.7. The molecule has 0 heterocycles. The van der Waals surface area contributed by atoms with E-state index in [1.54, 1.807) is 12.1 Å². The summed E-state index contributed by atoms with van der Waals surface area (Å²) in [5.74, 6) is -0.332. The number of benzene rings is 2. The SMILES string of the molecule is COC(=O)C(Nc1cccc(Cl)c1)c1ccc(C)cc1C. The van der Waals surface area contributed by atoms with Gasteiger partial charge < -0.3 is 10.1 Å². The Bertz CT molecular complexity index is 655. The second-order valence-electron chi connectivity index (χ2n) is 4.97. The summed E-state index contributed by atoms with van der Waals surface area (Å²) in [4.78, 5) is 12.1. The predicted octanol–water partition coefficient (Wildman–Crippen LogP) is 4.28. The van der Waals surface area contributed by atoms with E-state index in [0.717, 1.165) is 22.4 Å². The number of carbonyl (C=O) groups is 1. The molecule has 1 atom stereocenters. The van der Waals surface area contributed by atoms with Gasteiger partial charge in [0, 0.05) is 10.7 Å². The van der Waals surface area contributed by atoms with Gasteiger partial charge in [-0.15, -0.1) is 0 Å². The highest BCUT2D eigenvalue weighted by Gasteiger charge is 2.23. The molecule has 0 fully saturated rings. The summed E-state index contributed by atoms with van der Waals surface area (Å²) in [6.45, 7) is 4.01. The quantitative estimate of drug-likeness (QED) is 0.857. The molecule has 0 amide bonds. The van der Waals surface area contributed by atoms with Gasteiger partial charge in [-0.3, -0.25) is 0 Å². The Morgan fingerprint density at radius 2 is 1.95 bits per heavy atom. The van der Waals surface area contributed by atoms with E-state index >= 15 is 0 Å². The molecule has 0 aliphatic carbocycles. The molecule has 2 aromatic carbocycles. The van der Waals surface area contributed by atoms with Gasteiger partial charge in [0.15, 0.2) is 6.04 Å². The Morgan fingerprint density at radius 1 is 1.19 bits per heavy atom. The minimum Gasteiger partial charge on any atom is -0.467 e. The number of aryl methyl sites for hydroxylation is 2. The zero-order valence-corrected chi connectivity index (χ0v) is 13.1. The molecule has 0 bridgehead atoms. The number of nitrogens with one attached hydrogen (secondary N) is 1. The average molecular weight is 304 g/mol. The predicted molar refractivity (Wildman–Crippen MR) is 85.7 cm³/mol.